The highest BCUT2D eigenvalue weighted by atomic mass is 16.5. The molecule has 2 aromatic carbocycles. The molecule has 35 heavy (non-hydrogen) atoms. The Morgan fingerprint density at radius 1 is 1.00 bits per heavy atom. The van der Waals surface area contributed by atoms with E-state index in [-0.39, 0.29) is 18.2 Å². The molecule has 1 aliphatic carbocycles. The smallest absolute Gasteiger partial charge is 0.407 e. The molecule has 2 N–H and O–H groups in total. The summed E-state index contributed by atoms with van der Waals surface area (Å²) >= 11 is 0. The van der Waals surface area contributed by atoms with Gasteiger partial charge in [0.2, 0.25) is 5.91 Å². The fraction of sp³-hybridized carbons (Fsp3) is 0.464. The summed E-state index contributed by atoms with van der Waals surface area (Å²) < 4.78 is 5.59. The summed E-state index contributed by atoms with van der Waals surface area (Å²) in [7, 11) is 1.71. The van der Waals surface area contributed by atoms with Crippen molar-refractivity contribution in [3.8, 4) is 11.1 Å². The highest BCUT2D eigenvalue weighted by Crippen LogP contribution is 2.44. The molecule has 3 rings (SSSR count). The van der Waals surface area contributed by atoms with Crippen molar-refractivity contribution in [1.29, 1.82) is 0 Å². The molecule has 2 aromatic rings. The Bertz CT molecular complexity index is 976. The van der Waals surface area contributed by atoms with Crippen molar-refractivity contribution in [2.24, 2.45) is 5.92 Å². The molecule has 0 aromatic heterocycles. The summed E-state index contributed by atoms with van der Waals surface area (Å²) in [6.07, 6.45) is 2.96. The average molecular weight is 481 g/mol. The van der Waals surface area contributed by atoms with Crippen LogP contribution in [0, 0.1) is 5.92 Å². The molecule has 0 aliphatic heterocycles. The van der Waals surface area contributed by atoms with E-state index in [4.69, 9.17) is 9.84 Å². The third-order valence-electron chi connectivity index (χ3n) is 6.82. The normalized spacial score (nSPS) is 13.0. The lowest BCUT2D eigenvalue weighted by Crippen LogP contribution is -2.29. The van der Waals surface area contributed by atoms with Crippen molar-refractivity contribution in [3.63, 3.8) is 0 Å². The third kappa shape index (κ3) is 7.31. The largest absolute Gasteiger partial charge is 0.481 e. The molecule has 0 radical (unpaired) electrons. The quantitative estimate of drug-likeness (QED) is 0.418. The van der Waals surface area contributed by atoms with Gasteiger partial charge in [0.15, 0.2) is 0 Å². The summed E-state index contributed by atoms with van der Waals surface area (Å²) in [5, 5.41) is 11.6. The lowest BCUT2D eigenvalue weighted by Gasteiger charge is -2.19. The van der Waals surface area contributed by atoms with Gasteiger partial charge in [-0.05, 0) is 47.4 Å². The average Bonchev–Trinajstić information content (AvgIpc) is 3.18. The van der Waals surface area contributed by atoms with E-state index in [0.29, 0.717) is 38.5 Å². The molecule has 2 amide bonds. The Morgan fingerprint density at radius 3 is 2.23 bits per heavy atom. The predicted octanol–water partition coefficient (Wildman–Crippen LogP) is 5.04. The monoisotopic (exact) mass is 480 g/mol. The first kappa shape index (κ1) is 26.3. The summed E-state index contributed by atoms with van der Waals surface area (Å²) in [5.41, 5.74) is 4.77. The van der Waals surface area contributed by atoms with Crippen LogP contribution in [0.25, 0.3) is 11.1 Å². The number of carbonyl (C=O) groups excluding carboxylic acids is 2. The van der Waals surface area contributed by atoms with Gasteiger partial charge in [-0.1, -0.05) is 61.9 Å². The van der Waals surface area contributed by atoms with Crippen LogP contribution >= 0.6 is 0 Å². The van der Waals surface area contributed by atoms with Crippen LogP contribution in [0.5, 0.6) is 0 Å². The molecule has 0 saturated heterocycles. The topological polar surface area (TPSA) is 95.9 Å². The lowest BCUT2D eigenvalue weighted by molar-refractivity contribution is -0.138. The fourth-order valence-corrected chi connectivity index (χ4v) is 4.69. The molecule has 0 spiro atoms. The Kier molecular flexibility index (Phi) is 9.70. The van der Waals surface area contributed by atoms with Gasteiger partial charge in [-0.15, -0.1) is 0 Å². The van der Waals surface area contributed by atoms with Gasteiger partial charge in [-0.25, -0.2) is 4.79 Å². The van der Waals surface area contributed by atoms with Gasteiger partial charge in [0.1, 0.15) is 6.61 Å². The molecular formula is C28H36N2O5. The molecule has 0 bridgehead atoms. The first-order valence-electron chi connectivity index (χ1n) is 12.4. The number of amides is 2. The van der Waals surface area contributed by atoms with Gasteiger partial charge < -0.3 is 20.1 Å². The highest BCUT2D eigenvalue weighted by Gasteiger charge is 2.29. The lowest BCUT2D eigenvalue weighted by atomic mass is 9.96. The van der Waals surface area contributed by atoms with Crippen molar-refractivity contribution < 1.29 is 24.2 Å². The highest BCUT2D eigenvalue weighted by molar-refractivity contribution is 5.79. The van der Waals surface area contributed by atoms with E-state index in [9.17, 15) is 14.4 Å². The molecule has 188 valence electrons. The fourth-order valence-electron chi connectivity index (χ4n) is 4.69. The molecule has 7 heteroatoms. The number of carboxylic acids is 1. The summed E-state index contributed by atoms with van der Waals surface area (Å²) in [6.45, 7) is 3.32. The first-order chi connectivity index (χ1) is 16.9. The van der Waals surface area contributed by atoms with Gasteiger partial charge in [0.25, 0.3) is 0 Å². The summed E-state index contributed by atoms with van der Waals surface area (Å²) in [5.74, 6) is -0.463. The standard InChI is InChI=1S/C28H36N2O5/c1-3-20(14-15-26(31)30(2)18-8-13-27(32)33)16-17-29-28(34)35-19-25-23-11-6-4-9-21(23)22-10-5-7-12-24(22)25/h4-7,9-12,20,25H,3,8,13-19H2,1-2H3,(H,29,34)(H,32,33). The van der Waals surface area contributed by atoms with Crippen molar-refractivity contribution in [2.75, 3.05) is 26.7 Å². The molecule has 1 unspecified atom stereocenters. The van der Waals surface area contributed by atoms with Crippen LogP contribution in [0.1, 0.15) is 62.5 Å². The minimum absolute atomic E-state index is 0.0262. The number of fused-ring (bicyclic) bond motifs is 3. The zero-order chi connectivity index (χ0) is 25.2. The van der Waals surface area contributed by atoms with Crippen LogP contribution in [-0.4, -0.2) is 54.7 Å². The number of carbonyl (C=O) groups is 3. The zero-order valence-electron chi connectivity index (χ0n) is 20.7. The van der Waals surface area contributed by atoms with Crippen LogP contribution in [0.4, 0.5) is 4.79 Å². The van der Waals surface area contributed by atoms with Crippen LogP contribution in [0.3, 0.4) is 0 Å². The number of rotatable bonds is 13. The van der Waals surface area contributed by atoms with Gasteiger partial charge >= 0.3 is 12.1 Å². The predicted molar refractivity (Wildman–Crippen MR) is 135 cm³/mol. The Morgan fingerprint density at radius 2 is 1.63 bits per heavy atom. The zero-order valence-corrected chi connectivity index (χ0v) is 20.7. The minimum Gasteiger partial charge on any atom is -0.481 e. The Hall–Kier alpha value is -3.35. The van der Waals surface area contributed by atoms with Gasteiger partial charge in [0, 0.05) is 38.9 Å². The number of nitrogens with one attached hydrogen (secondary N) is 1. The molecule has 1 atom stereocenters. The van der Waals surface area contributed by atoms with Crippen LogP contribution in [0.2, 0.25) is 0 Å². The number of carboxylic acid groups (broad SMARTS) is 1. The molecule has 0 saturated carbocycles. The minimum atomic E-state index is -0.846. The van der Waals surface area contributed by atoms with E-state index in [2.05, 4.69) is 36.5 Å². The maximum atomic E-state index is 12.4. The SMILES string of the molecule is CCC(CCNC(=O)OCC1c2ccccc2-c2ccccc21)CCC(=O)N(C)CCCC(=O)O. The van der Waals surface area contributed by atoms with E-state index >= 15 is 0 Å². The van der Waals surface area contributed by atoms with E-state index in [1.807, 2.05) is 24.3 Å². The number of hydrogen-bond donors (Lipinski definition) is 2. The van der Waals surface area contributed by atoms with E-state index in [1.165, 1.54) is 22.3 Å². The van der Waals surface area contributed by atoms with Crippen LogP contribution in [0.15, 0.2) is 48.5 Å². The van der Waals surface area contributed by atoms with Gasteiger partial charge in [-0.2, -0.15) is 0 Å². The van der Waals surface area contributed by atoms with Crippen LogP contribution < -0.4 is 5.32 Å². The number of hydrogen-bond acceptors (Lipinski definition) is 4. The maximum Gasteiger partial charge on any atom is 0.407 e. The summed E-state index contributed by atoms with van der Waals surface area (Å²) in [4.78, 5) is 36.9. The van der Waals surface area contributed by atoms with Crippen molar-refractivity contribution in [1.82, 2.24) is 10.2 Å². The molecular weight excluding hydrogens is 444 g/mol. The molecule has 0 fully saturated rings. The number of aliphatic carboxylic acids is 1. The maximum absolute atomic E-state index is 12.4. The number of alkyl carbamates (subject to hydrolysis) is 1. The Balaban J connectivity index is 1.38. The second kappa shape index (κ2) is 12.9. The van der Waals surface area contributed by atoms with Crippen molar-refractivity contribution >= 4 is 18.0 Å². The van der Waals surface area contributed by atoms with E-state index in [1.54, 1.807) is 11.9 Å². The second-order valence-electron chi connectivity index (χ2n) is 9.17. The van der Waals surface area contributed by atoms with E-state index in [0.717, 1.165) is 19.3 Å². The first-order valence-corrected chi connectivity index (χ1v) is 12.4. The molecule has 7 nitrogen and oxygen atoms in total. The third-order valence-corrected chi connectivity index (χ3v) is 6.82. The Labute approximate surface area is 207 Å². The number of benzene rings is 2. The van der Waals surface area contributed by atoms with Gasteiger partial charge in [-0.3, -0.25) is 9.59 Å². The number of ether oxygens (including phenoxy) is 1. The second-order valence-corrected chi connectivity index (χ2v) is 9.17. The van der Waals surface area contributed by atoms with Gasteiger partial charge in [0.05, 0.1) is 0 Å². The number of nitrogens with zero attached hydrogens (tertiary/aromatic N) is 1. The van der Waals surface area contributed by atoms with Crippen LogP contribution in [-0.2, 0) is 14.3 Å². The summed E-state index contributed by atoms with van der Waals surface area (Å²) in [6, 6.07) is 16.5. The van der Waals surface area contributed by atoms with Crippen molar-refractivity contribution in [3.05, 3.63) is 59.7 Å². The molecule has 1 aliphatic rings. The van der Waals surface area contributed by atoms with E-state index < -0.39 is 12.1 Å². The van der Waals surface area contributed by atoms with Crippen molar-refractivity contribution in [2.45, 2.75) is 51.4 Å². The molecule has 0 heterocycles.